The second kappa shape index (κ2) is 8.92. The van der Waals surface area contributed by atoms with Crippen molar-refractivity contribution in [3.8, 4) is 0 Å². The molecule has 0 saturated carbocycles. The summed E-state index contributed by atoms with van der Waals surface area (Å²) in [7, 11) is -3.97. The van der Waals surface area contributed by atoms with Gasteiger partial charge in [-0.3, -0.25) is 4.31 Å². The molecule has 5 nitrogen and oxygen atoms in total. The summed E-state index contributed by atoms with van der Waals surface area (Å²) in [6.45, 7) is 3.50. The average Bonchev–Trinajstić information content (AvgIpc) is 2.73. The van der Waals surface area contributed by atoms with Crippen LogP contribution in [0.5, 0.6) is 0 Å². The van der Waals surface area contributed by atoms with Crippen LogP contribution in [-0.2, 0) is 26.2 Å². The minimum absolute atomic E-state index is 0.0806. The Balaban J connectivity index is 1.91. The molecule has 0 bridgehead atoms. The van der Waals surface area contributed by atoms with E-state index in [0.717, 1.165) is 15.4 Å². The lowest BCUT2D eigenvalue weighted by atomic mass is 10.2. The van der Waals surface area contributed by atoms with Crippen molar-refractivity contribution in [2.45, 2.75) is 31.4 Å². The van der Waals surface area contributed by atoms with Crippen LogP contribution in [0.15, 0.2) is 89.8 Å². The molecule has 6 heteroatoms. The summed E-state index contributed by atoms with van der Waals surface area (Å²) >= 11 is 0. The van der Waals surface area contributed by atoms with Gasteiger partial charge in [0, 0.05) is 0 Å². The molecule has 0 saturated heterocycles. The number of para-hydroxylation sites is 1. The molecule has 150 valence electrons. The van der Waals surface area contributed by atoms with Crippen LogP contribution in [0.1, 0.15) is 18.1 Å². The van der Waals surface area contributed by atoms with Gasteiger partial charge in [0.1, 0.15) is 12.6 Å². The van der Waals surface area contributed by atoms with E-state index in [1.807, 2.05) is 37.3 Å². The van der Waals surface area contributed by atoms with E-state index in [1.165, 1.54) is 6.92 Å². The van der Waals surface area contributed by atoms with Crippen molar-refractivity contribution in [3.05, 3.63) is 96.1 Å². The Bertz CT molecular complexity index is 1050. The maximum atomic E-state index is 13.4. The van der Waals surface area contributed by atoms with Crippen LogP contribution in [0, 0.1) is 6.92 Å². The fourth-order valence-corrected chi connectivity index (χ4v) is 4.52. The first-order valence-corrected chi connectivity index (χ1v) is 10.7. The normalized spacial score (nSPS) is 12.2. The van der Waals surface area contributed by atoms with Crippen molar-refractivity contribution in [2.75, 3.05) is 4.31 Å². The standard InChI is InChI=1S/C23H23NO4S/c1-18-13-15-22(16-14-18)29(26,27)24(21-11-7-4-8-12-21)19(2)23(25)28-17-20-9-5-3-6-10-20/h3-16,19H,17H2,1-2H3/t19-/m0/s1. The highest BCUT2D eigenvalue weighted by Gasteiger charge is 2.34. The number of rotatable bonds is 7. The van der Waals surface area contributed by atoms with E-state index in [1.54, 1.807) is 54.6 Å². The smallest absolute Gasteiger partial charge is 0.330 e. The second-order valence-electron chi connectivity index (χ2n) is 6.72. The molecule has 0 aliphatic heterocycles. The van der Waals surface area contributed by atoms with E-state index >= 15 is 0 Å². The molecule has 0 amide bonds. The highest BCUT2D eigenvalue weighted by Crippen LogP contribution is 2.27. The highest BCUT2D eigenvalue weighted by atomic mass is 32.2. The van der Waals surface area contributed by atoms with Crippen molar-refractivity contribution in [1.29, 1.82) is 0 Å². The molecular formula is C23H23NO4S. The Hall–Kier alpha value is -3.12. The quantitative estimate of drug-likeness (QED) is 0.545. The third kappa shape index (κ3) is 4.84. The van der Waals surface area contributed by atoms with E-state index in [9.17, 15) is 13.2 Å². The number of sulfonamides is 1. The van der Waals surface area contributed by atoms with Gasteiger partial charge < -0.3 is 4.74 Å². The molecule has 0 fully saturated rings. The first-order valence-electron chi connectivity index (χ1n) is 9.26. The van der Waals surface area contributed by atoms with Crippen molar-refractivity contribution < 1.29 is 17.9 Å². The topological polar surface area (TPSA) is 63.7 Å². The lowest BCUT2D eigenvalue weighted by Crippen LogP contribution is -2.44. The maximum absolute atomic E-state index is 13.4. The number of ether oxygens (including phenoxy) is 1. The van der Waals surface area contributed by atoms with Gasteiger partial charge in [-0.2, -0.15) is 0 Å². The fraction of sp³-hybridized carbons (Fsp3) is 0.174. The molecule has 0 aromatic heterocycles. The second-order valence-corrected chi connectivity index (χ2v) is 8.53. The third-order valence-corrected chi connectivity index (χ3v) is 6.42. The van der Waals surface area contributed by atoms with E-state index in [2.05, 4.69) is 0 Å². The van der Waals surface area contributed by atoms with Gasteiger partial charge in [-0.25, -0.2) is 13.2 Å². The maximum Gasteiger partial charge on any atom is 0.330 e. The SMILES string of the molecule is Cc1ccc(S(=O)(=O)N(c2ccccc2)[C@@H](C)C(=O)OCc2ccccc2)cc1. The number of benzene rings is 3. The van der Waals surface area contributed by atoms with Crippen molar-refractivity contribution >= 4 is 21.7 Å². The van der Waals surface area contributed by atoms with Gasteiger partial charge in [-0.1, -0.05) is 66.2 Å². The summed E-state index contributed by atoms with van der Waals surface area (Å²) in [5.74, 6) is -0.617. The van der Waals surface area contributed by atoms with E-state index in [0.29, 0.717) is 5.69 Å². The van der Waals surface area contributed by atoms with Gasteiger partial charge in [0.05, 0.1) is 10.6 Å². The largest absolute Gasteiger partial charge is 0.459 e. The summed E-state index contributed by atoms with van der Waals surface area (Å²) in [6.07, 6.45) is 0. The van der Waals surface area contributed by atoms with E-state index in [4.69, 9.17) is 4.74 Å². The summed E-state index contributed by atoms with van der Waals surface area (Å²) < 4.78 is 33.3. The molecule has 0 radical (unpaired) electrons. The number of hydrogen-bond acceptors (Lipinski definition) is 4. The number of hydrogen-bond donors (Lipinski definition) is 0. The van der Waals surface area contributed by atoms with E-state index < -0.39 is 22.0 Å². The number of aryl methyl sites for hydroxylation is 1. The first-order chi connectivity index (χ1) is 13.9. The van der Waals surface area contributed by atoms with Gasteiger partial charge in [0.2, 0.25) is 0 Å². The first kappa shape index (κ1) is 20.6. The predicted octanol–water partition coefficient (Wildman–Crippen LogP) is 4.32. The Morgan fingerprint density at radius 2 is 1.45 bits per heavy atom. The number of carbonyl (C=O) groups excluding carboxylic acids is 1. The summed E-state index contributed by atoms with van der Waals surface area (Å²) in [6, 6.07) is 23.4. The molecule has 0 N–H and O–H groups in total. The van der Waals surface area contributed by atoms with Gasteiger partial charge >= 0.3 is 5.97 Å². The molecule has 0 heterocycles. The molecule has 3 aromatic rings. The van der Waals surface area contributed by atoms with Crippen molar-refractivity contribution in [2.24, 2.45) is 0 Å². The number of nitrogens with zero attached hydrogens (tertiary/aromatic N) is 1. The Morgan fingerprint density at radius 1 is 0.897 bits per heavy atom. The van der Waals surface area contributed by atoms with Crippen LogP contribution < -0.4 is 4.31 Å². The Labute approximate surface area is 171 Å². The Kier molecular flexibility index (Phi) is 6.34. The molecule has 29 heavy (non-hydrogen) atoms. The zero-order chi connectivity index (χ0) is 20.9. The molecule has 1 atom stereocenters. The predicted molar refractivity (Wildman–Crippen MR) is 113 cm³/mol. The summed E-state index contributed by atoms with van der Waals surface area (Å²) in [4.78, 5) is 12.9. The zero-order valence-corrected chi connectivity index (χ0v) is 17.2. The minimum atomic E-state index is -3.97. The fourth-order valence-electron chi connectivity index (χ4n) is 2.91. The Morgan fingerprint density at radius 3 is 2.03 bits per heavy atom. The number of anilines is 1. The number of carbonyl (C=O) groups is 1. The molecule has 0 spiro atoms. The van der Waals surface area contributed by atoms with Crippen LogP contribution in [0.3, 0.4) is 0 Å². The van der Waals surface area contributed by atoms with Crippen LogP contribution in [0.25, 0.3) is 0 Å². The third-order valence-electron chi connectivity index (χ3n) is 4.51. The van der Waals surface area contributed by atoms with Gasteiger partial charge in [-0.05, 0) is 43.7 Å². The van der Waals surface area contributed by atoms with Crippen molar-refractivity contribution in [1.82, 2.24) is 0 Å². The van der Waals surface area contributed by atoms with Gasteiger partial charge in [-0.15, -0.1) is 0 Å². The zero-order valence-electron chi connectivity index (χ0n) is 16.4. The van der Waals surface area contributed by atoms with Crippen LogP contribution >= 0.6 is 0 Å². The average molecular weight is 410 g/mol. The lowest BCUT2D eigenvalue weighted by Gasteiger charge is -2.29. The molecule has 0 aliphatic carbocycles. The lowest BCUT2D eigenvalue weighted by molar-refractivity contribution is -0.145. The summed E-state index contributed by atoms with van der Waals surface area (Å²) in [5.41, 5.74) is 2.18. The monoisotopic (exact) mass is 409 g/mol. The van der Waals surface area contributed by atoms with Crippen LogP contribution in [0.2, 0.25) is 0 Å². The molecule has 3 rings (SSSR count). The number of esters is 1. The van der Waals surface area contributed by atoms with Gasteiger partial charge in [0.15, 0.2) is 0 Å². The van der Waals surface area contributed by atoms with Crippen LogP contribution in [0.4, 0.5) is 5.69 Å². The van der Waals surface area contributed by atoms with Crippen molar-refractivity contribution in [3.63, 3.8) is 0 Å². The highest BCUT2D eigenvalue weighted by molar-refractivity contribution is 7.92. The molecule has 0 aliphatic rings. The molecular weight excluding hydrogens is 386 g/mol. The summed E-state index contributed by atoms with van der Waals surface area (Å²) in [5, 5.41) is 0. The molecule has 3 aromatic carbocycles. The minimum Gasteiger partial charge on any atom is -0.459 e. The van der Waals surface area contributed by atoms with Crippen LogP contribution in [-0.4, -0.2) is 20.4 Å². The van der Waals surface area contributed by atoms with Gasteiger partial charge in [0.25, 0.3) is 10.0 Å². The van der Waals surface area contributed by atoms with E-state index in [-0.39, 0.29) is 11.5 Å². The molecule has 0 unspecified atom stereocenters.